The van der Waals surface area contributed by atoms with E-state index in [-0.39, 0.29) is 24.0 Å². The monoisotopic (exact) mass is 420 g/mol. The molecule has 0 aliphatic heterocycles. The van der Waals surface area contributed by atoms with E-state index in [4.69, 9.17) is 0 Å². The van der Waals surface area contributed by atoms with Crippen LogP contribution in [0.1, 0.15) is 39.5 Å². The molecule has 22 heavy (non-hydrogen) atoms. The van der Waals surface area contributed by atoms with Crippen molar-refractivity contribution in [3.8, 4) is 0 Å². The van der Waals surface area contributed by atoms with Crippen molar-refractivity contribution in [1.82, 2.24) is 25.4 Å². The van der Waals surface area contributed by atoms with Gasteiger partial charge in [0.05, 0.1) is 6.54 Å². The van der Waals surface area contributed by atoms with Gasteiger partial charge in [0.1, 0.15) is 12.7 Å². The normalized spacial score (nSPS) is 22.3. The minimum Gasteiger partial charge on any atom is -0.355 e. The fourth-order valence-electron chi connectivity index (χ4n) is 2.96. The molecule has 2 rings (SSSR count). The smallest absolute Gasteiger partial charge is 0.191 e. The Kier molecular flexibility index (Phi) is 8.74. The standard InChI is InChI=1S/C15H28N6.HI/c1-12(2)13-4-6-14(7-5-13)20-15(16-3)18-8-9-21-11-17-10-19-21;/h10-14H,4-9H2,1-3H3,(H2,16,18,20);1H. The summed E-state index contributed by atoms with van der Waals surface area (Å²) < 4.78 is 1.81. The maximum atomic E-state index is 4.30. The lowest BCUT2D eigenvalue weighted by Crippen LogP contribution is -2.45. The Morgan fingerprint density at radius 2 is 2.05 bits per heavy atom. The molecule has 7 heteroatoms. The molecule has 0 saturated heterocycles. The number of nitrogens with zero attached hydrogens (tertiary/aromatic N) is 4. The molecule has 0 radical (unpaired) electrons. The molecular formula is C15H29IN6. The average molecular weight is 420 g/mol. The Bertz CT molecular complexity index is 423. The van der Waals surface area contributed by atoms with Crippen molar-refractivity contribution in [2.45, 2.75) is 52.1 Å². The number of guanidine groups is 1. The molecule has 0 bridgehead atoms. The third-order valence-electron chi connectivity index (χ3n) is 4.38. The summed E-state index contributed by atoms with van der Waals surface area (Å²) in [6, 6.07) is 0.553. The van der Waals surface area contributed by atoms with Gasteiger partial charge in [-0.15, -0.1) is 24.0 Å². The number of hydrogen-bond donors (Lipinski definition) is 2. The zero-order valence-corrected chi connectivity index (χ0v) is 16.2. The van der Waals surface area contributed by atoms with Gasteiger partial charge in [-0.3, -0.25) is 9.67 Å². The van der Waals surface area contributed by atoms with Crippen molar-refractivity contribution < 1.29 is 0 Å². The Morgan fingerprint density at radius 3 is 2.59 bits per heavy atom. The Labute approximate surface area is 150 Å². The van der Waals surface area contributed by atoms with Crippen LogP contribution in [-0.4, -0.2) is 40.4 Å². The van der Waals surface area contributed by atoms with Gasteiger partial charge in [-0.05, 0) is 37.5 Å². The molecule has 1 heterocycles. The number of hydrogen-bond acceptors (Lipinski definition) is 3. The minimum atomic E-state index is 0. The molecule has 1 aromatic rings. The highest BCUT2D eigenvalue weighted by molar-refractivity contribution is 14.0. The largest absolute Gasteiger partial charge is 0.355 e. The number of halogens is 1. The van der Waals surface area contributed by atoms with E-state index in [0.29, 0.717) is 6.04 Å². The van der Waals surface area contributed by atoms with E-state index in [9.17, 15) is 0 Å². The minimum absolute atomic E-state index is 0. The van der Waals surface area contributed by atoms with Crippen LogP contribution in [0.15, 0.2) is 17.6 Å². The van der Waals surface area contributed by atoms with Crippen LogP contribution < -0.4 is 10.6 Å². The summed E-state index contributed by atoms with van der Waals surface area (Å²) in [5, 5.41) is 11.0. The van der Waals surface area contributed by atoms with Crippen LogP contribution in [0.4, 0.5) is 0 Å². The molecule has 1 fully saturated rings. The molecule has 6 nitrogen and oxygen atoms in total. The van der Waals surface area contributed by atoms with Gasteiger partial charge in [0, 0.05) is 19.6 Å². The first-order valence-corrected chi connectivity index (χ1v) is 7.98. The highest BCUT2D eigenvalue weighted by atomic mass is 127. The second kappa shape index (κ2) is 10.0. The molecule has 0 spiro atoms. The van der Waals surface area contributed by atoms with E-state index in [0.717, 1.165) is 30.9 Å². The molecule has 2 N–H and O–H groups in total. The van der Waals surface area contributed by atoms with Gasteiger partial charge in [0.2, 0.25) is 0 Å². The summed E-state index contributed by atoms with van der Waals surface area (Å²) in [5.41, 5.74) is 0. The van der Waals surface area contributed by atoms with Crippen LogP contribution >= 0.6 is 24.0 Å². The zero-order valence-electron chi connectivity index (χ0n) is 13.8. The summed E-state index contributed by atoms with van der Waals surface area (Å²) in [6.07, 6.45) is 8.42. The maximum absolute atomic E-state index is 4.30. The Morgan fingerprint density at radius 1 is 1.32 bits per heavy atom. The van der Waals surface area contributed by atoms with Crippen LogP contribution in [0.25, 0.3) is 0 Å². The van der Waals surface area contributed by atoms with E-state index in [1.165, 1.54) is 25.7 Å². The van der Waals surface area contributed by atoms with Gasteiger partial charge in [-0.25, -0.2) is 4.98 Å². The van der Waals surface area contributed by atoms with Crippen molar-refractivity contribution in [3.63, 3.8) is 0 Å². The lowest BCUT2D eigenvalue weighted by atomic mass is 9.80. The molecule has 126 valence electrons. The topological polar surface area (TPSA) is 67.1 Å². The molecule has 1 aliphatic rings. The highest BCUT2D eigenvalue weighted by Gasteiger charge is 2.23. The SMILES string of the molecule is CN=C(NCCn1cncn1)NC1CCC(C(C)C)CC1.I. The third kappa shape index (κ3) is 6.10. The van der Waals surface area contributed by atoms with Crippen LogP contribution in [0.2, 0.25) is 0 Å². The summed E-state index contributed by atoms with van der Waals surface area (Å²) >= 11 is 0. The quantitative estimate of drug-likeness (QED) is 0.436. The summed E-state index contributed by atoms with van der Waals surface area (Å²) in [7, 11) is 1.82. The lowest BCUT2D eigenvalue weighted by molar-refractivity contribution is 0.250. The van der Waals surface area contributed by atoms with E-state index >= 15 is 0 Å². The first-order chi connectivity index (χ1) is 10.2. The molecule has 1 saturated carbocycles. The van der Waals surface area contributed by atoms with Crippen molar-refractivity contribution in [2.75, 3.05) is 13.6 Å². The highest BCUT2D eigenvalue weighted by Crippen LogP contribution is 2.29. The molecule has 0 amide bonds. The van der Waals surface area contributed by atoms with Crippen LogP contribution in [0, 0.1) is 11.8 Å². The summed E-state index contributed by atoms with van der Waals surface area (Å²) in [4.78, 5) is 8.24. The molecule has 0 aromatic carbocycles. The van der Waals surface area contributed by atoms with Gasteiger partial charge in [-0.2, -0.15) is 5.10 Å². The molecular weight excluding hydrogens is 391 g/mol. The summed E-state index contributed by atoms with van der Waals surface area (Å²) in [5.74, 6) is 2.60. The van der Waals surface area contributed by atoms with Crippen molar-refractivity contribution in [2.24, 2.45) is 16.8 Å². The maximum Gasteiger partial charge on any atom is 0.191 e. The number of aromatic nitrogens is 3. The fraction of sp³-hybridized carbons (Fsp3) is 0.800. The number of aliphatic imine (C=N–C) groups is 1. The molecule has 1 aliphatic carbocycles. The third-order valence-corrected chi connectivity index (χ3v) is 4.38. The van der Waals surface area contributed by atoms with Crippen molar-refractivity contribution >= 4 is 29.9 Å². The van der Waals surface area contributed by atoms with Gasteiger partial charge < -0.3 is 10.6 Å². The Balaban J connectivity index is 0.00000242. The van der Waals surface area contributed by atoms with Gasteiger partial charge in [-0.1, -0.05) is 13.8 Å². The second-order valence-corrected chi connectivity index (χ2v) is 6.16. The average Bonchev–Trinajstić information content (AvgIpc) is 3.00. The zero-order chi connectivity index (χ0) is 15.1. The van der Waals surface area contributed by atoms with Crippen molar-refractivity contribution in [1.29, 1.82) is 0 Å². The van der Waals surface area contributed by atoms with Gasteiger partial charge in [0.25, 0.3) is 0 Å². The van der Waals surface area contributed by atoms with E-state index in [2.05, 4.69) is 39.6 Å². The molecule has 1 aromatic heterocycles. The predicted octanol–water partition coefficient (Wildman–Crippen LogP) is 2.28. The van der Waals surface area contributed by atoms with E-state index < -0.39 is 0 Å². The van der Waals surface area contributed by atoms with Gasteiger partial charge >= 0.3 is 0 Å². The number of nitrogens with one attached hydrogen (secondary N) is 2. The van der Waals surface area contributed by atoms with E-state index in [1.54, 1.807) is 12.7 Å². The van der Waals surface area contributed by atoms with Gasteiger partial charge in [0.15, 0.2) is 5.96 Å². The van der Waals surface area contributed by atoms with Crippen molar-refractivity contribution in [3.05, 3.63) is 12.7 Å². The fourth-order valence-corrected chi connectivity index (χ4v) is 2.96. The first-order valence-electron chi connectivity index (χ1n) is 7.98. The predicted molar refractivity (Wildman–Crippen MR) is 101 cm³/mol. The Hall–Kier alpha value is -0.860. The lowest BCUT2D eigenvalue weighted by Gasteiger charge is -2.32. The summed E-state index contributed by atoms with van der Waals surface area (Å²) in [6.45, 7) is 6.26. The second-order valence-electron chi connectivity index (χ2n) is 6.16. The first kappa shape index (κ1) is 19.2. The molecule has 0 atom stereocenters. The van der Waals surface area contributed by atoms with Crippen LogP contribution in [0.5, 0.6) is 0 Å². The van der Waals surface area contributed by atoms with E-state index in [1.807, 2.05) is 11.7 Å². The van der Waals surface area contributed by atoms with Crippen LogP contribution in [0.3, 0.4) is 0 Å². The number of rotatable bonds is 5. The van der Waals surface area contributed by atoms with Crippen LogP contribution in [-0.2, 0) is 6.54 Å². The molecule has 0 unspecified atom stereocenters.